The number of rotatable bonds is 2. The maximum Gasteiger partial charge on any atom is 0.276 e. The molecule has 3 rings (SSSR count). The van der Waals surface area contributed by atoms with E-state index in [1.54, 1.807) is 18.1 Å². The monoisotopic (exact) mass is 266 g/mol. The van der Waals surface area contributed by atoms with Crippen LogP contribution >= 0.6 is 0 Å². The van der Waals surface area contributed by atoms with E-state index in [1.165, 1.54) is 6.26 Å². The molecule has 6 nitrogen and oxygen atoms in total. The highest BCUT2D eigenvalue weighted by Crippen LogP contribution is 2.37. The van der Waals surface area contributed by atoms with E-state index in [0.29, 0.717) is 18.8 Å². The lowest BCUT2D eigenvalue weighted by Gasteiger charge is -2.44. The van der Waals surface area contributed by atoms with Crippen LogP contribution in [-0.4, -0.2) is 54.5 Å². The molecular formula is C13H18N2O4. The highest BCUT2D eigenvalue weighted by atomic mass is 16.5. The van der Waals surface area contributed by atoms with E-state index < -0.39 is 0 Å². The van der Waals surface area contributed by atoms with E-state index in [1.807, 2.05) is 0 Å². The number of carbonyl (C=O) groups is 1. The minimum absolute atomic E-state index is 0.0698. The maximum absolute atomic E-state index is 12.2. The van der Waals surface area contributed by atoms with Gasteiger partial charge < -0.3 is 18.9 Å². The van der Waals surface area contributed by atoms with E-state index in [0.717, 1.165) is 25.9 Å². The molecule has 1 amide bonds. The molecule has 0 N–H and O–H groups in total. The van der Waals surface area contributed by atoms with Gasteiger partial charge in [-0.25, -0.2) is 0 Å². The predicted octanol–water partition coefficient (Wildman–Crippen LogP) is 1.08. The molecule has 2 aliphatic heterocycles. The molecule has 2 aliphatic rings. The van der Waals surface area contributed by atoms with Gasteiger partial charge in [0.1, 0.15) is 12.4 Å². The summed E-state index contributed by atoms with van der Waals surface area (Å²) in [6, 6.07) is 1.58. The van der Waals surface area contributed by atoms with Crippen LogP contribution in [0.15, 0.2) is 16.9 Å². The molecule has 1 aromatic rings. The minimum atomic E-state index is -0.199. The van der Waals surface area contributed by atoms with Crippen LogP contribution in [0.1, 0.15) is 29.8 Å². The number of piperidine rings is 1. The largest absolute Gasteiger partial charge is 0.377 e. The Kier molecular flexibility index (Phi) is 3.28. The Balaban J connectivity index is 1.73. The lowest BCUT2D eigenvalue weighted by atomic mass is 9.85. The van der Waals surface area contributed by atoms with Gasteiger partial charge in [0.05, 0.1) is 12.1 Å². The second-order valence-electron chi connectivity index (χ2n) is 5.13. The SMILES string of the molecule is CO[C@H]1CN(C(=O)c2ccon2)CC[C@@]12CCCO2. The van der Waals surface area contributed by atoms with Crippen LogP contribution < -0.4 is 0 Å². The highest BCUT2D eigenvalue weighted by Gasteiger charge is 2.47. The number of nitrogens with zero attached hydrogens (tertiary/aromatic N) is 2. The van der Waals surface area contributed by atoms with Gasteiger partial charge in [0.25, 0.3) is 5.91 Å². The van der Waals surface area contributed by atoms with Crippen molar-refractivity contribution in [2.45, 2.75) is 31.0 Å². The summed E-state index contributed by atoms with van der Waals surface area (Å²) in [5.74, 6) is -0.108. The van der Waals surface area contributed by atoms with Gasteiger partial charge >= 0.3 is 0 Å². The van der Waals surface area contributed by atoms with Gasteiger partial charge in [0.15, 0.2) is 5.69 Å². The van der Waals surface area contributed by atoms with Gasteiger partial charge in [-0.05, 0) is 19.3 Å². The topological polar surface area (TPSA) is 64.8 Å². The lowest BCUT2D eigenvalue weighted by molar-refractivity contribution is -0.136. The molecule has 1 aromatic heterocycles. The third kappa shape index (κ3) is 2.15. The van der Waals surface area contributed by atoms with Crippen molar-refractivity contribution < 1.29 is 18.8 Å². The van der Waals surface area contributed by atoms with Gasteiger partial charge in [-0.2, -0.15) is 0 Å². The molecule has 0 aromatic carbocycles. The molecule has 0 saturated carbocycles. The summed E-state index contributed by atoms with van der Waals surface area (Å²) in [5.41, 5.74) is 0.146. The molecule has 0 aliphatic carbocycles. The number of ether oxygens (including phenoxy) is 2. The fourth-order valence-corrected chi connectivity index (χ4v) is 3.07. The first-order valence-electron chi connectivity index (χ1n) is 6.61. The van der Waals surface area contributed by atoms with Gasteiger partial charge in [-0.15, -0.1) is 0 Å². The summed E-state index contributed by atoms with van der Waals surface area (Å²) < 4.78 is 16.2. The zero-order valence-corrected chi connectivity index (χ0v) is 11.0. The maximum atomic E-state index is 12.2. The van der Waals surface area contributed by atoms with Gasteiger partial charge in [0.2, 0.25) is 0 Å². The Morgan fingerprint density at radius 3 is 3.11 bits per heavy atom. The van der Waals surface area contributed by atoms with Crippen molar-refractivity contribution in [1.29, 1.82) is 0 Å². The first-order chi connectivity index (χ1) is 9.25. The molecule has 19 heavy (non-hydrogen) atoms. The van der Waals surface area contributed by atoms with Crippen LogP contribution in [0.3, 0.4) is 0 Å². The summed E-state index contributed by atoms with van der Waals surface area (Å²) in [6.07, 6.45) is 4.23. The second kappa shape index (κ2) is 4.94. The molecule has 0 unspecified atom stereocenters. The van der Waals surface area contributed by atoms with Gasteiger partial charge in [-0.3, -0.25) is 4.79 Å². The summed E-state index contributed by atoms with van der Waals surface area (Å²) in [6.45, 7) is 2.00. The molecule has 2 atom stereocenters. The quantitative estimate of drug-likeness (QED) is 0.801. The lowest BCUT2D eigenvalue weighted by Crippen LogP contribution is -2.57. The number of amides is 1. The molecular weight excluding hydrogens is 248 g/mol. The molecule has 2 fully saturated rings. The average molecular weight is 266 g/mol. The smallest absolute Gasteiger partial charge is 0.276 e. The molecule has 2 saturated heterocycles. The Labute approximate surface area is 111 Å². The number of hydrogen-bond donors (Lipinski definition) is 0. The summed E-state index contributed by atoms with van der Waals surface area (Å²) in [4.78, 5) is 14.0. The molecule has 3 heterocycles. The van der Waals surface area contributed by atoms with E-state index in [4.69, 9.17) is 14.0 Å². The van der Waals surface area contributed by atoms with Crippen molar-refractivity contribution in [3.8, 4) is 0 Å². The van der Waals surface area contributed by atoms with Crippen LogP contribution in [0.2, 0.25) is 0 Å². The third-order valence-electron chi connectivity index (χ3n) is 4.14. The fraction of sp³-hybridized carbons (Fsp3) is 0.692. The van der Waals surface area contributed by atoms with Crippen LogP contribution in [0.25, 0.3) is 0 Å². The Bertz CT molecular complexity index is 440. The molecule has 0 radical (unpaired) electrons. The minimum Gasteiger partial charge on any atom is -0.377 e. The molecule has 6 heteroatoms. The third-order valence-corrected chi connectivity index (χ3v) is 4.14. The average Bonchev–Trinajstić information content (AvgIpc) is 3.10. The predicted molar refractivity (Wildman–Crippen MR) is 65.7 cm³/mol. The van der Waals surface area contributed by atoms with E-state index in [2.05, 4.69) is 5.16 Å². The molecule has 104 valence electrons. The van der Waals surface area contributed by atoms with Gasteiger partial charge in [0, 0.05) is 26.3 Å². The van der Waals surface area contributed by atoms with Crippen molar-refractivity contribution in [3.05, 3.63) is 18.0 Å². The Morgan fingerprint density at radius 2 is 2.47 bits per heavy atom. The zero-order valence-electron chi connectivity index (χ0n) is 11.0. The van der Waals surface area contributed by atoms with E-state index >= 15 is 0 Å². The number of hydrogen-bond acceptors (Lipinski definition) is 5. The van der Waals surface area contributed by atoms with Crippen molar-refractivity contribution >= 4 is 5.91 Å². The number of carbonyl (C=O) groups excluding carboxylic acids is 1. The zero-order chi connectivity index (χ0) is 13.3. The first kappa shape index (κ1) is 12.6. The fourth-order valence-electron chi connectivity index (χ4n) is 3.07. The van der Waals surface area contributed by atoms with Crippen molar-refractivity contribution in [3.63, 3.8) is 0 Å². The van der Waals surface area contributed by atoms with Crippen LogP contribution in [0.5, 0.6) is 0 Å². The van der Waals surface area contributed by atoms with Crippen molar-refractivity contribution in [1.82, 2.24) is 10.1 Å². The number of aromatic nitrogens is 1. The van der Waals surface area contributed by atoms with Gasteiger partial charge in [-0.1, -0.05) is 5.16 Å². The van der Waals surface area contributed by atoms with E-state index in [-0.39, 0.29) is 17.6 Å². The summed E-state index contributed by atoms with van der Waals surface area (Å²) >= 11 is 0. The molecule has 0 bridgehead atoms. The first-order valence-corrected chi connectivity index (χ1v) is 6.61. The number of likely N-dealkylation sites (tertiary alicyclic amines) is 1. The standard InChI is InChI=1S/C13H18N2O4/c1-17-11-9-15(12(16)10-3-8-19-14-10)6-5-13(11)4-2-7-18-13/h3,8,11H,2,4-7,9H2,1H3/t11-,13-/m0/s1. The Morgan fingerprint density at radius 1 is 1.58 bits per heavy atom. The summed E-state index contributed by atoms with van der Waals surface area (Å²) in [7, 11) is 1.68. The highest BCUT2D eigenvalue weighted by molar-refractivity contribution is 5.92. The Hall–Kier alpha value is -1.40. The van der Waals surface area contributed by atoms with E-state index in [9.17, 15) is 4.79 Å². The van der Waals surface area contributed by atoms with Crippen molar-refractivity contribution in [2.24, 2.45) is 0 Å². The number of methoxy groups -OCH3 is 1. The van der Waals surface area contributed by atoms with Crippen LogP contribution in [0.4, 0.5) is 0 Å². The van der Waals surface area contributed by atoms with Crippen LogP contribution in [-0.2, 0) is 9.47 Å². The molecule has 1 spiro atoms. The van der Waals surface area contributed by atoms with Crippen LogP contribution in [0, 0.1) is 0 Å². The second-order valence-corrected chi connectivity index (χ2v) is 5.13. The summed E-state index contributed by atoms with van der Waals surface area (Å²) in [5, 5.41) is 3.69. The normalized spacial score (nSPS) is 31.0. The van der Waals surface area contributed by atoms with Crippen molar-refractivity contribution in [2.75, 3.05) is 26.8 Å².